The molecular weight excluding hydrogens is 388 g/mol. The van der Waals surface area contributed by atoms with Crippen LogP contribution in [0, 0.1) is 13.8 Å². The molecule has 4 aromatic heterocycles. The Morgan fingerprint density at radius 2 is 1.74 bits per heavy atom. The molecule has 6 heteroatoms. The summed E-state index contributed by atoms with van der Waals surface area (Å²) >= 11 is 0. The molecule has 0 radical (unpaired) electrons. The standard InChI is InChI=1S/C25H22N4O2/c1-15-24(17(3)31-28-15)20-11-22-25(27-13-20)21(19-9-10-23(30)26-12-19)14-29(22)16(2)18-7-5-4-6-8-18/h4-14,16H,1-3H3,(H,26,30). The van der Waals surface area contributed by atoms with Crippen LogP contribution in [0.2, 0.25) is 0 Å². The zero-order chi connectivity index (χ0) is 21.5. The van der Waals surface area contributed by atoms with E-state index in [0.717, 1.165) is 44.7 Å². The second-order valence-corrected chi connectivity index (χ2v) is 7.73. The maximum Gasteiger partial charge on any atom is 0.210 e. The summed E-state index contributed by atoms with van der Waals surface area (Å²) in [4.78, 5) is 8.89. The first kappa shape index (κ1) is 19.1. The first-order valence-corrected chi connectivity index (χ1v) is 10.2. The normalized spacial score (nSPS) is 12.4. The first-order valence-electron chi connectivity index (χ1n) is 10.2. The molecule has 0 saturated heterocycles. The van der Waals surface area contributed by atoms with Crippen LogP contribution >= 0.6 is 0 Å². The maximum atomic E-state index is 9.61. The molecule has 1 unspecified atom stereocenters. The molecular formula is C25H22N4O2. The zero-order valence-electron chi connectivity index (χ0n) is 17.6. The third-order valence-corrected chi connectivity index (χ3v) is 5.75. The molecule has 1 aromatic carbocycles. The van der Waals surface area contributed by atoms with Gasteiger partial charge in [0.05, 0.1) is 22.8 Å². The van der Waals surface area contributed by atoms with Gasteiger partial charge < -0.3 is 14.2 Å². The number of hydrogen-bond acceptors (Lipinski definition) is 5. The molecule has 5 rings (SSSR count). The summed E-state index contributed by atoms with van der Waals surface area (Å²) in [6, 6.07) is 16.1. The Bertz CT molecular complexity index is 1350. The molecule has 6 nitrogen and oxygen atoms in total. The SMILES string of the molecule is Cc1noc(C)c1-c1cnc2c(-c3ccc(O)nc3)cn(C(C)c3ccccc3)c2c1. The minimum absolute atomic E-state index is 0.00112. The summed E-state index contributed by atoms with van der Waals surface area (Å²) in [5.41, 5.74) is 7.76. The van der Waals surface area contributed by atoms with Gasteiger partial charge in [0.25, 0.3) is 0 Å². The van der Waals surface area contributed by atoms with Gasteiger partial charge in [-0.2, -0.15) is 0 Å². The number of aromatic hydroxyl groups is 1. The van der Waals surface area contributed by atoms with Crippen molar-refractivity contribution in [2.45, 2.75) is 26.8 Å². The van der Waals surface area contributed by atoms with Crippen LogP contribution in [0.1, 0.15) is 30.0 Å². The van der Waals surface area contributed by atoms with Crippen LogP contribution in [0.5, 0.6) is 5.88 Å². The Kier molecular flexibility index (Phi) is 4.55. The lowest BCUT2D eigenvalue weighted by molar-refractivity contribution is 0.393. The molecule has 154 valence electrons. The quantitative estimate of drug-likeness (QED) is 0.412. The third kappa shape index (κ3) is 3.26. The van der Waals surface area contributed by atoms with Gasteiger partial charge in [-0.25, -0.2) is 4.98 Å². The summed E-state index contributed by atoms with van der Waals surface area (Å²) in [5.74, 6) is 0.773. The number of benzene rings is 1. The molecule has 0 aliphatic rings. The monoisotopic (exact) mass is 410 g/mol. The number of pyridine rings is 2. The largest absolute Gasteiger partial charge is 0.493 e. The number of hydrogen-bond donors (Lipinski definition) is 1. The van der Waals surface area contributed by atoms with Gasteiger partial charge in [-0.15, -0.1) is 0 Å². The fourth-order valence-corrected chi connectivity index (χ4v) is 4.13. The Hall–Kier alpha value is -3.93. The van der Waals surface area contributed by atoms with Gasteiger partial charge in [-0.1, -0.05) is 35.5 Å². The van der Waals surface area contributed by atoms with Crippen molar-refractivity contribution in [2.24, 2.45) is 0 Å². The Balaban J connectivity index is 1.75. The molecule has 4 heterocycles. The highest BCUT2D eigenvalue weighted by molar-refractivity contribution is 5.95. The lowest BCUT2D eigenvalue weighted by Gasteiger charge is -2.16. The van der Waals surface area contributed by atoms with E-state index in [1.165, 1.54) is 5.56 Å². The predicted octanol–water partition coefficient (Wildman–Crippen LogP) is 5.69. The van der Waals surface area contributed by atoms with E-state index in [-0.39, 0.29) is 11.9 Å². The summed E-state index contributed by atoms with van der Waals surface area (Å²) in [7, 11) is 0. The average molecular weight is 410 g/mol. The molecule has 31 heavy (non-hydrogen) atoms. The van der Waals surface area contributed by atoms with Gasteiger partial charge in [0.1, 0.15) is 5.76 Å². The van der Waals surface area contributed by atoms with Crippen molar-refractivity contribution in [1.82, 2.24) is 19.7 Å². The maximum absolute atomic E-state index is 9.61. The van der Waals surface area contributed by atoms with Crippen molar-refractivity contribution in [2.75, 3.05) is 0 Å². The van der Waals surface area contributed by atoms with E-state index in [1.807, 2.05) is 32.2 Å². The van der Waals surface area contributed by atoms with Crippen LogP contribution < -0.4 is 0 Å². The Labute approximate surface area is 179 Å². The summed E-state index contributed by atoms with van der Waals surface area (Å²) in [6.07, 6.45) is 5.65. The van der Waals surface area contributed by atoms with E-state index in [2.05, 4.69) is 58.2 Å². The number of aryl methyl sites for hydroxylation is 2. The number of nitrogens with zero attached hydrogens (tertiary/aromatic N) is 4. The second kappa shape index (κ2) is 7.40. The van der Waals surface area contributed by atoms with Crippen LogP contribution in [0.4, 0.5) is 0 Å². The predicted molar refractivity (Wildman–Crippen MR) is 120 cm³/mol. The third-order valence-electron chi connectivity index (χ3n) is 5.75. The van der Waals surface area contributed by atoms with Crippen LogP contribution in [-0.2, 0) is 0 Å². The molecule has 0 aliphatic heterocycles. The highest BCUT2D eigenvalue weighted by atomic mass is 16.5. The van der Waals surface area contributed by atoms with E-state index in [9.17, 15) is 5.11 Å². The van der Waals surface area contributed by atoms with E-state index in [1.54, 1.807) is 12.3 Å². The topological polar surface area (TPSA) is 77.0 Å². The van der Waals surface area contributed by atoms with E-state index < -0.39 is 0 Å². The van der Waals surface area contributed by atoms with Crippen molar-refractivity contribution in [3.63, 3.8) is 0 Å². The van der Waals surface area contributed by atoms with Gasteiger partial charge in [-0.05, 0) is 38.5 Å². The van der Waals surface area contributed by atoms with Crippen molar-refractivity contribution < 1.29 is 9.63 Å². The van der Waals surface area contributed by atoms with Crippen molar-refractivity contribution in [3.05, 3.63) is 84.1 Å². The lowest BCUT2D eigenvalue weighted by atomic mass is 10.0. The molecule has 0 aliphatic carbocycles. The number of rotatable bonds is 4. The minimum atomic E-state index is -0.00112. The fraction of sp³-hybridized carbons (Fsp3) is 0.160. The molecule has 1 atom stereocenters. The molecule has 5 aromatic rings. The number of fused-ring (bicyclic) bond motifs is 1. The highest BCUT2D eigenvalue weighted by Crippen LogP contribution is 2.36. The first-order chi connectivity index (χ1) is 15.0. The molecule has 0 fully saturated rings. The summed E-state index contributed by atoms with van der Waals surface area (Å²) in [5, 5.41) is 13.7. The summed E-state index contributed by atoms with van der Waals surface area (Å²) < 4.78 is 7.62. The molecule has 0 amide bonds. The van der Waals surface area contributed by atoms with Crippen LogP contribution in [0.25, 0.3) is 33.3 Å². The average Bonchev–Trinajstić information content (AvgIpc) is 3.33. The van der Waals surface area contributed by atoms with Crippen molar-refractivity contribution >= 4 is 11.0 Å². The van der Waals surface area contributed by atoms with Gasteiger partial charge in [0, 0.05) is 46.9 Å². The number of aromatic nitrogens is 4. The van der Waals surface area contributed by atoms with E-state index >= 15 is 0 Å². The lowest BCUT2D eigenvalue weighted by Crippen LogP contribution is -2.05. The smallest absolute Gasteiger partial charge is 0.210 e. The van der Waals surface area contributed by atoms with Crippen LogP contribution in [0.3, 0.4) is 0 Å². The van der Waals surface area contributed by atoms with E-state index in [4.69, 9.17) is 9.51 Å². The Morgan fingerprint density at radius 3 is 2.42 bits per heavy atom. The van der Waals surface area contributed by atoms with Crippen molar-refractivity contribution in [1.29, 1.82) is 0 Å². The van der Waals surface area contributed by atoms with E-state index in [0.29, 0.717) is 0 Å². The van der Waals surface area contributed by atoms with Crippen LogP contribution in [-0.4, -0.2) is 24.8 Å². The Morgan fingerprint density at radius 1 is 0.968 bits per heavy atom. The fourth-order valence-electron chi connectivity index (χ4n) is 4.13. The van der Waals surface area contributed by atoms with Crippen molar-refractivity contribution in [3.8, 4) is 28.1 Å². The summed E-state index contributed by atoms with van der Waals surface area (Å²) in [6.45, 7) is 6.03. The van der Waals surface area contributed by atoms with Gasteiger partial charge in [0.15, 0.2) is 0 Å². The van der Waals surface area contributed by atoms with Gasteiger partial charge >= 0.3 is 0 Å². The second-order valence-electron chi connectivity index (χ2n) is 7.73. The van der Waals surface area contributed by atoms with Gasteiger partial charge in [-0.3, -0.25) is 4.98 Å². The zero-order valence-corrected chi connectivity index (χ0v) is 17.6. The molecule has 0 saturated carbocycles. The highest BCUT2D eigenvalue weighted by Gasteiger charge is 2.19. The van der Waals surface area contributed by atoms with Gasteiger partial charge in [0.2, 0.25) is 5.88 Å². The molecule has 0 spiro atoms. The molecule has 1 N–H and O–H groups in total. The molecule has 0 bridgehead atoms. The minimum Gasteiger partial charge on any atom is -0.493 e. The van der Waals surface area contributed by atoms with Crippen LogP contribution in [0.15, 0.2) is 71.6 Å².